The predicted molar refractivity (Wildman–Crippen MR) is 128 cm³/mol. The van der Waals surface area contributed by atoms with E-state index in [9.17, 15) is 14.4 Å². The maximum Gasteiger partial charge on any atom is 0.291 e. The van der Waals surface area contributed by atoms with Crippen LogP contribution in [0, 0.1) is 5.92 Å². The first-order valence-corrected chi connectivity index (χ1v) is 11.3. The first-order chi connectivity index (χ1) is 16.5. The molecule has 2 aliphatic heterocycles. The summed E-state index contributed by atoms with van der Waals surface area (Å²) in [5.41, 5.74) is 1.78. The van der Waals surface area contributed by atoms with Crippen LogP contribution in [0.1, 0.15) is 28.6 Å². The van der Waals surface area contributed by atoms with Crippen LogP contribution in [0.2, 0.25) is 0 Å². The third-order valence-corrected chi connectivity index (χ3v) is 6.67. The van der Waals surface area contributed by atoms with E-state index in [1.807, 2.05) is 22.8 Å². The summed E-state index contributed by atoms with van der Waals surface area (Å²) in [4.78, 5) is 44.0. The first-order valence-electron chi connectivity index (χ1n) is 11.3. The number of carbonyl (C=O) groups is 1. The molecule has 0 saturated carbocycles. The van der Waals surface area contributed by atoms with Crippen molar-refractivity contribution in [3.05, 3.63) is 98.9 Å². The average Bonchev–Trinajstić information content (AvgIpc) is 2.85. The summed E-state index contributed by atoms with van der Waals surface area (Å²) in [6.45, 7) is 2.35. The van der Waals surface area contributed by atoms with Crippen molar-refractivity contribution in [1.82, 2.24) is 9.55 Å². The van der Waals surface area contributed by atoms with Crippen LogP contribution >= 0.6 is 0 Å². The quantitative estimate of drug-likeness (QED) is 0.511. The normalized spacial score (nSPS) is 19.0. The van der Waals surface area contributed by atoms with Gasteiger partial charge in [-0.25, -0.2) is 4.98 Å². The second kappa shape index (κ2) is 7.98. The molecule has 0 unspecified atom stereocenters. The predicted octanol–water partition coefficient (Wildman–Crippen LogP) is 3.23. The van der Waals surface area contributed by atoms with Gasteiger partial charge in [-0.3, -0.25) is 14.4 Å². The van der Waals surface area contributed by atoms with Crippen molar-refractivity contribution in [2.24, 2.45) is 5.92 Å². The van der Waals surface area contributed by atoms with E-state index in [1.165, 1.54) is 6.07 Å². The lowest BCUT2D eigenvalue weighted by molar-refractivity contribution is 0.0997. The molecule has 1 amide bonds. The first kappa shape index (κ1) is 20.4. The number of piperidine rings is 1. The summed E-state index contributed by atoms with van der Waals surface area (Å²) >= 11 is 0. The fourth-order valence-corrected chi connectivity index (χ4v) is 5.14. The molecule has 4 aromatic rings. The molecule has 1 aromatic carbocycles. The summed E-state index contributed by atoms with van der Waals surface area (Å²) in [7, 11) is 0. The standard InChI is InChI=1S/C26H22N4O4/c31-21-11-23(34-22-6-2-1-4-19(21)22)26(33)28-18-8-9-24(27-12-18)29-13-16-10-17(15-29)20-5-3-7-25(32)30(20)14-16/h1-9,11-12,16-17H,10,13-15H2,(H,28,33)/t16-,17+/m0/s1. The van der Waals surface area contributed by atoms with E-state index in [-0.39, 0.29) is 16.7 Å². The molecular weight excluding hydrogens is 432 g/mol. The van der Waals surface area contributed by atoms with E-state index < -0.39 is 5.91 Å². The molecule has 6 rings (SSSR count). The van der Waals surface area contributed by atoms with E-state index in [0.29, 0.717) is 28.5 Å². The summed E-state index contributed by atoms with van der Waals surface area (Å²) in [5, 5.41) is 3.18. The molecule has 1 N–H and O–H groups in total. The lowest BCUT2D eigenvalue weighted by Crippen LogP contribution is -2.47. The van der Waals surface area contributed by atoms with Crippen molar-refractivity contribution >= 4 is 28.4 Å². The van der Waals surface area contributed by atoms with Gasteiger partial charge in [0.05, 0.1) is 17.3 Å². The maximum absolute atomic E-state index is 12.7. The van der Waals surface area contributed by atoms with Gasteiger partial charge in [0.25, 0.3) is 11.5 Å². The number of amides is 1. The number of nitrogens with one attached hydrogen (secondary N) is 1. The van der Waals surface area contributed by atoms with Gasteiger partial charge >= 0.3 is 0 Å². The molecule has 2 atom stereocenters. The van der Waals surface area contributed by atoms with Crippen LogP contribution in [0.5, 0.6) is 0 Å². The molecule has 0 radical (unpaired) electrons. The molecule has 34 heavy (non-hydrogen) atoms. The largest absolute Gasteiger partial charge is 0.451 e. The second-order valence-electron chi connectivity index (χ2n) is 8.93. The molecule has 3 aromatic heterocycles. The van der Waals surface area contributed by atoms with Gasteiger partial charge in [0.2, 0.25) is 0 Å². The molecule has 2 bridgehead atoms. The molecule has 1 fully saturated rings. The maximum atomic E-state index is 12.7. The van der Waals surface area contributed by atoms with E-state index in [0.717, 1.165) is 37.6 Å². The Kier molecular flexibility index (Phi) is 4.79. The number of para-hydroxylation sites is 1. The van der Waals surface area contributed by atoms with Crippen LogP contribution in [-0.4, -0.2) is 28.5 Å². The van der Waals surface area contributed by atoms with Crippen LogP contribution in [0.25, 0.3) is 11.0 Å². The number of aromatic nitrogens is 2. The Morgan fingerprint density at radius 2 is 1.88 bits per heavy atom. The topological polar surface area (TPSA) is 97.4 Å². The second-order valence-corrected chi connectivity index (χ2v) is 8.93. The van der Waals surface area contributed by atoms with Crippen LogP contribution in [0.3, 0.4) is 0 Å². The molecule has 2 aliphatic rings. The summed E-state index contributed by atoms with van der Waals surface area (Å²) in [5.74, 6) is 0.955. The van der Waals surface area contributed by atoms with Crippen molar-refractivity contribution in [3.8, 4) is 0 Å². The number of nitrogens with zero attached hydrogens (tertiary/aromatic N) is 3. The third kappa shape index (κ3) is 3.57. The number of hydrogen-bond acceptors (Lipinski definition) is 6. The van der Waals surface area contributed by atoms with Crippen LogP contribution in [-0.2, 0) is 6.54 Å². The SMILES string of the molecule is O=C(Nc1ccc(N2C[C@@H]3C[C@H](C2)c2cccc(=O)n2C3)nc1)c1cc(=O)c2ccccc2o1. The number of anilines is 2. The van der Waals surface area contributed by atoms with Gasteiger partial charge in [0.15, 0.2) is 11.2 Å². The average molecular weight is 454 g/mol. The number of carbonyl (C=O) groups excluding carboxylic acids is 1. The summed E-state index contributed by atoms with van der Waals surface area (Å²) in [6.07, 6.45) is 2.68. The zero-order valence-electron chi connectivity index (χ0n) is 18.3. The molecule has 1 saturated heterocycles. The highest BCUT2D eigenvalue weighted by atomic mass is 16.3. The molecule has 8 heteroatoms. The molecule has 5 heterocycles. The van der Waals surface area contributed by atoms with Crippen molar-refractivity contribution in [3.63, 3.8) is 0 Å². The van der Waals surface area contributed by atoms with Crippen molar-refractivity contribution < 1.29 is 9.21 Å². The van der Waals surface area contributed by atoms with Gasteiger partial charge in [0.1, 0.15) is 11.4 Å². The zero-order valence-corrected chi connectivity index (χ0v) is 18.3. The van der Waals surface area contributed by atoms with Crippen LogP contribution in [0.4, 0.5) is 11.5 Å². The third-order valence-electron chi connectivity index (χ3n) is 6.67. The Bertz CT molecular complexity index is 1520. The highest BCUT2D eigenvalue weighted by Gasteiger charge is 2.34. The molecule has 0 aliphatic carbocycles. The molecular formula is C26H22N4O4. The number of hydrogen-bond donors (Lipinski definition) is 1. The molecule has 8 nitrogen and oxygen atoms in total. The van der Waals surface area contributed by atoms with Crippen LogP contribution < -0.4 is 21.2 Å². The van der Waals surface area contributed by atoms with Gasteiger partial charge in [-0.05, 0) is 42.7 Å². The summed E-state index contributed by atoms with van der Waals surface area (Å²) in [6, 6.07) is 17.2. The van der Waals surface area contributed by atoms with Crippen LogP contribution in [0.15, 0.2) is 80.9 Å². The Morgan fingerprint density at radius 1 is 1.00 bits per heavy atom. The lowest BCUT2D eigenvalue weighted by atomic mass is 9.83. The Labute approximate surface area is 194 Å². The Morgan fingerprint density at radius 3 is 2.74 bits per heavy atom. The number of rotatable bonds is 3. The van der Waals surface area contributed by atoms with Gasteiger partial charge in [-0.2, -0.15) is 0 Å². The van der Waals surface area contributed by atoms with Gasteiger partial charge in [-0.1, -0.05) is 18.2 Å². The number of fused-ring (bicyclic) bond motifs is 5. The summed E-state index contributed by atoms with van der Waals surface area (Å²) < 4.78 is 7.52. The van der Waals surface area contributed by atoms with Gasteiger partial charge < -0.3 is 19.2 Å². The highest BCUT2D eigenvalue weighted by Crippen LogP contribution is 2.36. The minimum absolute atomic E-state index is 0.0504. The molecule has 0 spiro atoms. The Balaban J connectivity index is 1.19. The minimum Gasteiger partial charge on any atom is -0.451 e. The van der Waals surface area contributed by atoms with E-state index >= 15 is 0 Å². The van der Waals surface area contributed by atoms with Crippen molar-refractivity contribution in [2.45, 2.75) is 18.9 Å². The van der Waals surface area contributed by atoms with Crippen molar-refractivity contribution in [1.29, 1.82) is 0 Å². The fourth-order valence-electron chi connectivity index (χ4n) is 5.14. The van der Waals surface area contributed by atoms with E-state index in [1.54, 1.807) is 42.6 Å². The fraction of sp³-hybridized carbons (Fsp3) is 0.231. The van der Waals surface area contributed by atoms with Gasteiger partial charge in [0, 0.05) is 43.4 Å². The number of pyridine rings is 2. The van der Waals surface area contributed by atoms with Gasteiger partial charge in [-0.15, -0.1) is 0 Å². The lowest BCUT2D eigenvalue weighted by Gasteiger charge is -2.43. The number of benzene rings is 1. The minimum atomic E-state index is -0.507. The van der Waals surface area contributed by atoms with E-state index in [2.05, 4.69) is 15.2 Å². The zero-order chi connectivity index (χ0) is 23.2. The molecule has 170 valence electrons. The van der Waals surface area contributed by atoms with E-state index in [4.69, 9.17) is 4.42 Å². The Hall–Kier alpha value is -4.20. The highest BCUT2D eigenvalue weighted by molar-refractivity contribution is 6.02. The smallest absolute Gasteiger partial charge is 0.291 e. The monoisotopic (exact) mass is 454 g/mol. The van der Waals surface area contributed by atoms with Crippen molar-refractivity contribution in [2.75, 3.05) is 23.3 Å².